The van der Waals surface area contributed by atoms with Crippen molar-refractivity contribution >= 4 is 10.9 Å². The number of benzene rings is 4. The number of rotatable bonds is 4. The number of hydrogen-bond donors (Lipinski definition) is 1. The average molecular weight is 412 g/mol. The highest BCUT2D eigenvalue weighted by Gasteiger charge is 2.22. The highest BCUT2D eigenvalue weighted by Crippen LogP contribution is 2.45. The molecule has 0 unspecified atom stereocenters. The molecule has 0 aliphatic heterocycles. The van der Waals surface area contributed by atoms with Crippen LogP contribution in [0.4, 0.5) is 0 Å². The molecule has 0 aliphatic carbocycles. The Bertz CT molecular complexity index is 1490. The first-order chi connectivity index (χ1) is 15.9. The summed E-state index contributed by atoms with van der Waals surface area (Å²) >= 11 is 0. The van der Waals surface area contributed by atoms with Crippen LogP contribution in [0.25, 0.3) is 55.9 Å². The minimum Gasteiger partial charge on any atom is -0.455 e. The highest BCUT2D eigenvalue weighted by molar-refractivity contribution is 6.06. The molecule has 0 radical (unpaired) electrons. The standard InChI is InChI=1S/C30H21NO/c1-4-12-21(13-5-1)27-20-25(30(32-27)23-16-8-3-9-17-23)28-24-18-10-11-19-26(24)31-29(28)22-14-6-2-7-15-22/h1-20,31H. The molecule has 2 heterocycles. The van der Waals surface area contributed by atoms with Gasteiger partial charge >= 0.3 is 0 Å². The minimum absolute atomic E-state index is 0.865. The molecule has 0 fully saturated rings. The molecule has 2 heteroatoms. The fraction of sp³-hybridized carbons (Fsp3) is 0. The van der Waals surface area contributed by atoms with Gasteiger partial charge in [0, 0.05) is 33.2 Å². The lowest BCUT2D eigenvalue weighted by molar-refractivity contribution is 0.598. The summed E-state index contributed by atoms with van der Waals surface area (Å²) in [7, 11) is 0. The number of furan rings is 1. The Kier molecular flexibility index (Phi) is 4.47. The van der Waals surface area contributed by atoms with Crippen molar-refractivity contribution in [1.82, 2.24) is 4.98 Å². The third-order valence-corrected chi connectivity index (χ3v) is 5.86. The molecule has 0 aliphatic rings. The smallest absolute Gasteiger partial charge is 0.142 e. The lowest BCUT2D eigenvalue weighted by Gasteiger charge is -2.06. The third kappa shape index (κ3) is 3.14. The molecule has 0 saturated heterocycles. The van der Waals surface area contributed by atoms with Gasteiger partial charge in [0.15, 0.2) is 0 Å². The Hall–Kier alpha value is -4.30. The van der Waals surface area contributed by atoms with Gasteiger partial charge in [-0.15, -0.1) is 0 Å². The molecule has 32 heavy (non-hydrogen) atoms. The number of nitrogens with one attached hydrogen (secondary N) is 1. The minimum atomic E-state index is 0.865. The Morgan fingerprint density at radius 1 is 0.531 bits per heavy atom. The van der Waals surface area contributed by atoms with Crippen LogP contribution in [-0.4, -0.2) is 4.98 Å². The van der Waals surface area contributed by atoms with Gasteiger partial charge in [0.2, 0.25) is 0 Å². The largest absolute Gasteiger partial charge is 0.455 e. The third-order valence-electron chi connectivity index (χ3n) is 5.86. The first-order valence-corrected chi connectivity index (χ1v) is 10.8. The van der Waals surface area contributed by atoms with Gasteiger partial charge in [-0.3, -0.25) is 0 Å². The van der Waals surface area contributed by atoms with E-state index in [1.165, 1.54) is 5.39 Å². The summed E-state index contributed by atoms with van der Waals surface area (Å²) in [6.45, 7) is 0. The molecule has 0 bridgehead atoms. The zero-order valence-corrected chi connectivity index (χ0v) is 17.5. The van der Waals surface area contributed by atoms with Gasteiger partial charge in [-0.2, -0.15) is 0 Å². The molecule has 2 nitrogen and oxygen atoms in total. The van der Waals surface area contributed by atoms with Crippen LogP contribution in [0.2, 0.25) is 0 Å². The van der Waals surface area contributed by atoms with Gasteiger partial charge in [0.25, 0.3) is 0 Å². The van der Waals surface area contributed by atoms with Crippen molar-refractivity contribution in [3.8, 4) is 45.0 Å². The van der Waals surface area contributed by atoms with Gasteiger partial charge in [0.1, 0.15) is 11.5 Å². The number of aromatic amines is 1. The molecule has 2 aromatic heterocycles. The maximum Gasteiger partial charge on any atom is 0.142 e. The normalized spacial score (nSPS) is 11.1. The van der Waals surface area contributed by atoms with E-state index in [2.05, 4.69) is 96.0 Å². The quantitative estimate of drug-likeness (QED) is 0.310. The van der Waals surface area contributed by atoms with Crippen molar-refractivity contribution in [2.45, 2.75) is 0 Å². The summed E-state index contributed by atoms with van der Waals surface area (Å²) in [4.78, 5) is 3.67. The van der Waals surface area contributed by atoms with Crippen molar-refractivity contribution in [1.29, 1.82) is 0 Å². The number of H-pyrrole nitrogens is 1. The Labute approximate surface area is 186 Å². The lowest BCUT2D eigenvalue weighted by Crippen LogP contribution is -1.84. The van der Waals surface area contributed by atoms with Gasteiger partial charge in [-0.05, 0) is 17.7 Å². The molecule has 152 valence electrons. The Balaban J connectivity index is 1.68. The van der Waals surface area contributed by atoms with Crippen LogP contribution in [0.5, 0.6) is 0 Å². The fourth-order valence-electron chi connectivity index (χ4n) is 4.37. The van der Waals surface area contributed by atoms with Crippen molar-refractivity contribution in [2.24, 2.45) is 0 Å². The van der Waals surface area contributed by atoms with Crippen molar-refractivity contribution in [3.05, 3.63) is 121 Å². The molecule has 0 saturated carbocycles. The van der Waals surface area contributed by atoms with Crippen LogP contribution in [0.3, 0.4) is 0 Å². The van der Waals surface area contributed by atoms with E-state index in [-0.39, 0.29) is 0 Å². The van der Waals surface area contributed by atoms with Gasteiger partial charge in [-0.1, -0.05) is 109 Å². The lowest BCUT2D eigenvalue weighted by atomic mass is 9.96. The van der Waals surface area contributed by atoms with Gasteiger partial charge in [-0.25, -0.2) is 0 Å². The first-order valence-electron chi connectivity index (χ1n) is 10.8. The second kappa shape index (κ2) is 7.75. The molecule has 0 atom stereocenters. The predicted octanol–water partition coefficient (Wildman–Crippen LogP) is 8.43. The van der Waals surface area contributed by atoms with E-state index in [4.69, 9.17) is 4.42 Å². The van der Waals surface area contributed by atoms with Crippen LogP contribution >= 0.6 is 0 Å². The average Bonchev–Trinajstić information content (AvgIpc) is 3.48. The van der Waals surface area contributed by atoms with E-state index in [1.807, 2.05) is 30.3 Å². The van der Waals surface area contributed by atoms with Crippen LogP contribution in [0.15, 0.2) is 126 Å². The SMILES string of the molecule is c1ccc(-c2cc(-c3c(-c4ccccc4)[nH]c4ccccc34)c(-c3ccccc3)o2)cc1. The maximum absolute atomic E-state index is 6.54. The van der Waals surface area contributed by atoms with E-state index < -0.39 is 0 Å². The molecule has 6 aromatic rings. The van der Waals surface area contributed by atoms with E-state index in [0.717, 1.165) is 50.5 Å². The van der Waals surface area contributed by atoms with Gasteiger partial charge < -0.3 is 9.40 Å². The van der Waals surface area contributed by atoms with E-state index in [0.29, 0.717) is 0 Å². The monoisotopic (exact) mass is 411 g/mol. The molecule has 0 spiro atoms. The molecule has 6 rings (SSSR count). The topological polar surface area (TPSA) is 28.9 Å². The number of aromatic nitrogens is 1. The van der Waals surface area contributed by atoms with Crippen molar-refractivity contribution in [3.63, 3.8) is 0 Å². The maximum atomic E-state index is 6.54. The van der Waals surface area contributed by atoms with Crippen molar-refractivity contribution in [2.75, 3.05) is 0 Å². The molecule has 0 amide bonds. The van der Waals surface area contributed by atoms with E-state index in [1.54, 1.807) is 0 Å². The van der Waals surface area contributed by atoms with Crippen molar-refractivity contribution < 1.29 is 4.42 Å². The number of fused-ring (bicyclic) bond motifs is 1. The fourth-order valence-corrected chi connectivity index (χ4v) is 4.37. The highest BCUT2D eigenvalue weighted by atomic mass is 16.3. The molecular weight excluding hydrogens is 390 g/mol. The first kappa shape index (κ1) is 18.5. The van der Waals surface area contributed by atoms with Gasteiger partial charge in [0.05, 0.1) is 5.69 Å². The Morgan fingerprint density at radius 2 is 1.09 bits per heavy atom. The summed E-state index contributed by atoms with van der Waals surface area (Å²) in [6, 6.07) is 41.8. The van der Waals surface area contributed by atoms with Crippen LogP contribution in [0, 0.1) is 0 Å². The molecular formula is C30H21NO. The summed E-state index contributed by atoms with van der Waals surface area (Å²) in [6.07, 6.45) is 0. The van der Waals surface area contributed by atoms with E-state index in [9.17, 15) is 0 Å². The molecule has 1 N–H and O–H groups in total. The van der Waals surface area contributed by atoms with Crippen LogP contribution < -0.4 is 0 Å². The summed E-state index contributed by atoms with van der Waals surface area (Å²) in [5.74, 6) is 1.75. The zero-order valence-electron chi connectivity index (χ0n) is 17.5. The second-order valence-electron chi connectivity index (χ2n) is 7.87. The predicted molar refractivity (Wildman–Crippen MR) is 132 cm³/mol. The Morgan fingerprint density at radius 3 is 1.78 bits per heavy atom. The zero-order chi connectivity index (χ0) is 21.3. The second-order valence-corrected chi connectivity index (χ2v) is 7.87. The number of hydrogen-bond acceptors (Lipinski definition) is 1. The number of para-hydroxylation sites is 1. The summed E-state index contributed by atoms with van der Waals surface area (Å²) in [5, 5.41) is 1.18. The van der Waals surface area contributed by atoms with Crippen LogP contribution in [-0.2, 0) is 0 Å². The van der Waals surface area contributed by atoms with Crippen LogP contribution in [0.1, 0.15) is 0 Å². The van der Waals surface area contributed by atoms with E-state index >= 15 is 0 Å². The summed E-state index contributed by atoms with van der Waals surface area (Å²) in [5.41, 5.74) is 7.75. The summed E-state index contributed by atoms with van der Waals surface area (Å²) < 4.78 is 6.54. The molecule has 4 aromatic carbocycles.